The standard InChI is InChI=1S/C12H10ClNO.C12H11NO3.2C11H10ClNO2.2C11H8ClNO/c1-8-11(7-12(15)14(8)2)9-3-5-10(13)6-4-9;1-7-9(6-12(15)13-7)8-3-4-10(14)11(5-8)16-2;1-11(15)9(6-10(14)13-11)7-3-2-4-8(12)5-7;1-11(15)8(6-10(14)13-11)7-4-2-3-5-9(7)12;1-7-10(6-11(14)13-7)8-3-2-4-9(12)5-8;1-7-9(6-11(14)13-7)8-4-2-3-5-10(8)12/h3-7H,1H2,2H3;3-6,14H,1H2,2H3,(H,13,15);2*2-6,15H,1H3,(H,13,14);2*2-6H,1H2,(H,13,14). The number of methoxy groups -OCH3 is 1. The largest absolute Gasteiger partial charge is 0.504 e. The van der Waals surface area contributed by atoms with E-state index in [9.17, 15) is 44.1 Å². The number of aliphatic hydroxyl groups is 2. The Morgan fingerprint density at radius 1 is 0.449 bits per heavy atom. The lowest BCUT2D eigenvalue weighted by Crippen LogP contribution is -2.40. The van der Waals surface area contributed by atoms with Gasteiger partial charge in [0.15, 0.2) is 22.9 Å². The molecule has 6 aromatic carbocycles. The summed E-state index contributed by atoms with van der Waals surface area (Å²) in [6.45, 7) is 18.2. The first-order chi connectivity index (χ1) is 42.0. The highest BCUT2D eigenvalue weighted by molar-refractivity contribution is 6.34. The summed E-state index contributed by atoms with van der Waals surface area (Å²) in [6, 6.07) is 41.1. The maximum absolute atomic E-state index is 11.4. The number of benzene rings is 6. The molecular weight excluding hydrogens is 1240 g/mol. The van der Waals surface area contributed by atoms with Gasteiger partial charge in [-0.05, 0) is 96.8 Å². The first-order valence-corrected chi connectivity index (χ1v) is 28.5. The lowest BCUT2D eigenvalue weighted by molar-refractivity contribution is -0.122. The predicted octanol–water partition coefficient (Wildman–Crippen LogP) is 12.0. The number of amides is 6. The van der Waals surface area contributed by atoms with Crippen LogP contribution >= 0.6 is 58.0 Å². The number of nitrogens with zero attached hydrogens (tertiary/aromatic N) is 1. The molecule has 0 saturated heterocycles. The molecule has 21 heteroatoms. The van der Waals surface area contributed by atoms with Gasteiger partial charge in [0.25, 0.3) is 5.91 Å². The summed E-state index contributed by atoms with van der Waals surface area (Å²) in [5, 5.41) is 45.0. The van der Waals surface area contributed by atoms with Crippen LogP contribution in [0.15, 0.2) is 225 Å². The fourth-order valence-electron chi connectivity index (χ4n) is 9.11. The topological polar surface area (TPSA) is 236 Å². The number of phenolic OH excluding ortho intramolecular Hbond substituents is 1. The van der Waals surface area contributed by atoms with E-state index in [0.717, 1.165) is 50.2 Å². The van der Waals surface area contributed by atoms with Crippen molar-refractivity contribution in [2.24, 2.45) is 0 Å². The first kappa shape index (κ1) is 67.0. The quantitative estimate of drug-likeness (QED) is 0.0753. The highest BCUT2D eigenvalue weighted by Crippen LogP contribution is 2.36. The van der Waals surface area contributed by atoms with Crippen LogP contribution in [-0.2, 0) is 28.8 Å². The molecular formula is C68H57Cl5N6O10. The molecule has 6 amide bonds. The zero-order valence-electron chi connectivity index (χ0n) is 48.1. The number of aromatic hydroxyl groups is 1. The number of allylic oxidation sites excluding steroid dienone is 4. The summed E-state index contributed by atoms with van der Waals surface area (Å²) in [5.74, 6) is -0.683. The van der Waals surface area contributed by atoms with Crippen molar-refractivity contribution < 1.29 is 48.8 Å². The second kappa shape index (κ2) is 29.0. The molecule has 12 rings (SSSR count). The van der Waals surface area contributed by atoms with Crippen LogP contribution in [0.1, 0.15) is 47.2 Å². The summed E-state index contributed by atoms with van der Waals surface area (Å²) < 4.78 is 5.00. The Labute approximate surface area is 538 Å². The molecule has 6 aliphatic rings. The number of hydrogen-bond acceptors (Lipinski definition) is 10. The molecule has 0 saturated carbocycles. The highest BCUT2D eigenvalue weighted by atomic mass is 35.5. The van der Waals surface area contributed by atoms with Crippen molar-refractivity contribution in [2.45, 2.75) is 25.3 Å². The van der Waals surface area contributed by atoms with E-state index in [1.807, 2.05) is 42.5 Å². The van der Waals surface area contributed by atoms with Gasteiger partial charge in [-0.15, -0.1) is 0 Å². The van der Waals surface area contributed by atoms with E-state index in [4.69, 9.17) is 62.7 Å². The number of phenols is 1. The summed E-state index contributed by atoms with van der Waals surface area (Å²) in [7, 11) is 3.18. The number of halogens is 5. The molecule has 8 N–H and O–H groups in total. The average Bonchev–Trinajstić information content (AvgIpc) is 3.50. The molecule has 89 heavy (non-hydrogen) atoms. The van der Waals surface area contributed by atoms with Crippen molar-refractivity contribution in [3.05, 3.63) is 284 Å². The van der Waals surface area contributed by atoms with E-state index < -0.39 is 11.4 Å². The van der Waals surface area contributed by atoms with Gasteiger partial charge in [0.2, 0.25) is 29.5 Å². The monoisotopic (exact) mass is 1290 g/mol. The van der Waals surface area contributed by atoms with Gasteiger partial charge >= 0.3 is 0 Å². The molecule has 0 bridgehead atoms. The SMILES string of the molecule is C=C1C(c2ccc(Cl)cc2)=CC(=O)N1C.C=C1NC(=O)C=C1c1ccc(O)c(OC)c1.C=C1NC(=O)C=C1c1cccc(Cl)c1.C=C1NC(=O)C=C1c1ccccc1Cl.CC1(O)NC(=O)C=C1c1cccc(Cl)c1.CC1(O)NC(=O)C=C1c1ccccc1Cl. The molecule has 2 atom stereocenters. The summed E-state index contributed by atoms with van der Waals surface area (Å²) in [5.41, 5.74) is 8.89. The van der Waals surface area contributed by atoms with Crippen LogP contribution in [0, 0.1) is 0 Å². The number of nitrogens with one attached hydrogen (secondary N) is 5. The van der Waals surface area contributed by atoms with Gasteiger partial charge in [-0.25, -0.2) is 0 Å². The number of rotatable bonds is 7. The van der Waals surface area contributed by atoms with Crippen LogP contribution in [0.2, 0.25) is 25.1 Å². The smallest absolute Gasteiger partial charge is 0.251 e. The Hall–Kier alpha value is -9.49. The average molecular weight is 1300 g/mol. The maximum Gasteiger partial charge on any atom is 0.251 e. The second-order valence-corrected chi connectivity index (χ2v) is 22.2. The molecule has 6 aromatic rings. The molecule has 6 aliphatic heterocycles. The van der Waals surface area contributed by atoms with Crippen LogP contribution in [0.4, 0.5) is 0 Å². The summed E-state index contributed by atoms with van der Waals surface area (Å²) >= 11 is 29.5. The van der Waals surface area contributed by atoms with Crippen LogP contribution in [0.5, 0.6) is 11.5 Å². The Bertz CT molecular complexity index is 4120. The molecule has 0 radical (unpaired) electrons. The minimum Gasteiger partial charge on any atom is -0.504 e. The lowest BCUT2D eigenvalue weighted by atomic mass is 9.99. The first-order valence-electron chi connectivity index (χ1n) is 26.6. The predicted molar refractivity (Wildman–Crippen MR) is 351 cm³/mol. The van der Waals surface area contributed by atoms with Crippen LogP contribution < -0.4 is 31.3 Å². The maximum atomic E-state index is 11.4. The third kappa shape index (κ3) is 17.2. The van der Waals surface area contributed by atoms with Crippen LogP contribution in [-0.4, -0.2) is 81.3 Å². The molecule has 0 aromatic heterocycles. The van der Waals surface area contributed by atoms with Gasteiger partial charge in [0.1, 0.15) is 0 Å². The van der Waals surface area contributed by atoms with Gasteiger partial charge in [-0.1, -0.05) is 163 Å². The van der Waals surface area contributed by atoms with Crippen molar-refractivity contribution in [3.63, 3.8) is 0 Å². The second-order valence-electron chi connectivity index (χ2n) is 20.1. The summed E-state index contributed by atoms with van der Waals surface area (Å²) in [6.07, 6.45) is 8.82. The fraction of sp³-hybridized carbons (Fsp3) is 0.0882. The van der Waals surface area contributed by atoms with E-state index in [1.165, 1.54) is 62.3 Å². The van der Waals surface area contributed by atoms with Gasteiger partial charge in [0.05, 0.1) is 7.11 Å². The molecule has 454 valence electrons. The van der Waals surface area contributed by atoms with Crippen molar-refractivity contribution in [1.82, 2.24) is 31.5 Å². The van der Waals surface area contributed by atoms with E-state index in [0.29, 0.717) is 70.2 Å². The van der Waals surface area contributed by atoms with E-state index >= 15 is 0 Å². The van der Waals surface area contributed by atoms with Gasteiger partial charge in [-0.2, -0.15) is 0 Å². The third-order valence-corrected chi connectivity index (χ3v) is 14.9. The van der Waals surface area contributed by atoms with Gasteiger partial charge in [-0.3, -0.25) is 28.8 Å². The molecule has 0 fully saturated rings. The fourth-order valence-corrected chi connectivity index (χ4v) is 10.1. The highest BCUT2D eigenvalue weighted by Gasteiger charge is 2.36. The van der Waals surface area contributed by atoms with Crippen molar-refractivity contribution in [3.8, 4) is 11.5 Å². The number of hydrogen-bond donors (Lipinski definition) is 8. The van der Waals surface area contributed by atoms with Crippen molar-refractivity contribution in [2.75, 3.05) is 14.2 Å². The molecule has 16 nitrogen and oxygen atoms in total. The third-order valence-electron chi connectivity index (χ3n) is 13.5. The minimum absolute atomic E-state index is 0.0371. The normalized spacial score (nSPS) is 18.6. The van der Waals surface area contributed by atoms with Crippen molar-refractivity contribution >= 4 is 127 Å². The number of carbonyl (C=O) groups excluding carboxylic acids is 6. The number of likely N-dealkylation sites (N-methyl/N-ethyl adjacent to an activating group) is 1. The number of ether oxygens (including phenoxy) is 1. The minimum atomic E-state index is -1.35. The lowest BCUT2D eigenvalue weighted by Gasteiger charge is -2.22. The van der Waals surface area contributed by atoms with Crippen LogP contribution in [0.3, 0.4) is 0 Å². The van der Waals surface area contributed by atoms with Crippen molar-refractivity contribution in [1.29, 1.82) is 0 Å². The van der Waals surface area contributed by atoms with Crippen LogP contribution in [0.25, 0.3) is 33.4 Å². The Morgan fingerprint density at radius 2 is 0.888 bits per heavy atom. The molecule has 6 heterocycles. The van der Waals surface area contributed by atoms with E-state index in [2.05, 4.69) is 52.9 Å². The Morgan fingerprint density at radius 3 is 1.31 bits per heavy atom. The molecule has 2 unspecified atom stereocenters. The number of carbonyl (C=O) groups is 6. The Balaban J connectivity index is 0.000000152. The van der Waals surface area contributed by atoms with Gasteiger partial charge < -0.3 is 51.5 Å². The Kier molecular flexibility index (Phi) is 21.8. The summed E-state index contributed by atoms with van der Waals surface area (Å²) in [4.78, 5) is 68.5. The van der Waals surface area contributed by atoms with Gasteiger partial charge in [0, 0.05) is 136 Å². The molecule has 0 spiro atoms. The zero-order valence-corrected chi connectivity index (χ0v) is 51.9. The molecule has 0 aliphatic carbocycles. The van der Waals surface area contributed by atoms with E-state index in [-0.39, 0.29) is 41.2 Å². The zero-order chi connectivity index (χ0) is 65.1. The van der Waals surface area contributed by atoms with E-state index in [1.54, 1.807) is 104 Å².